The number of nitrogens with zero attached hydrogens (tertiary/aromatic N) is 2. The van der Waals surface area contributed by atoms with Gasteiger partial charge < -0.3 is 5.11 Å². The summed E-state index contributed by atoms with van der Waals surface area (Å²) < 4.78 is 63.0. The standard InChI is InChI=1S/C16H12N2O7S2/c19-15-7-4-10-8-13(27(23,24)25)5-6-14(10)16(15)18-17-11-2-1-3-12(9-11)26(20,21)22/h1-9,19H,(H,20,21,22)(H,23,24,25)/b18-17+. The van der Waals surface area contributed by atoms with Crippen molar-refractivity contribution in [3.05, 3.63) is 54.6 Å². The first-order valence-corrected chi connectivity index (χ1v) is 10.2. The minimum Gasteiger partial charge on any atom is -0.506 e. The van der Waals surface area contributed by atoms with Gasteiger partial charge in [-0.2, -0.15) is 21.9 Å². The topological polar surface area (TPSA) is 154 Å². The van der Waals surface area contributed by atoms with E-state index in [1.54, 1.807) is 0 Å². The summed E-state index contributed by atoms with van der Waals surface area (Å²) in [5, 5.41) is 18.5. The predicted octanol–water partition coefficient (Wildman–Crippen LogP) is 3.45. The van der Waals surface area contributed by atoms with Gasteiger partial charge in [-0.05, 0) is 41.8 Å². The van der Waals surface area contributed by atoms with E-state index < -0.39 is 20.2 Å². The quantitative estimate of drug-likeness (QED) is 0.441. The van der Waals surface area contributed by atoms with Crippen LogP contribution in [0.3, 0.4) is 0 Å². The van der Waals surface area contributed by atoms with Gasteiger partial charge in [0.05, 0.1) is 15.5 Å². The smallest absolute Gasteiger partial charge is 0.294 e. The van der Waals surface area contributed by atoms with Gasteiger partial charge in [0.2, 0.25) is 0 Å². The Hall–Kier alpha value is -2.86. The lowest BCUT2D eigenvalue weighted by molar-refractivity contribution is 0.477. The van der Waals surface area contributed by atoms with Gasteiger partial charge in [0.25, 0.3) is 20.2 Å². The highest BCUT2D eigenvalue weighted by atomic mass is 32.2. The lowest BCUT2D eigenvalue weighted by atomic mass is 10.1. The fourth-order valence-corrected chi connectivity index (χ4v) is 3.40. The van der Waals surface area contributed by atoms with E-state index in [-0.39, 0.29) is 26.9 Å². The SMILES string of the molecule is O=S(=O)(O)c1cccc(/N=N/c2c(O)ccc3cc(S(=O)(=O)O)ccc23)c1. The molecule has 0 atom stereocenters. The number of rotatable bonds is 4. The number of benzene rings is 3. The van der Waals surface area contributed by atoms with Gasteiger partial charge in [0, 0.05) is 5.39 Å². The molecule has 0 saturated carbocycles. The van der Waals surface area contributed by atoms with Crippen LogP contribution < -0.4 is 0 Å². The molecule has 3 N–H and O–H groups in total. The number of phenols is 1. The highest BCUT2D eigenvalue weighted by molar-refractivity contribution is 7.86. The molecule has 0 radical (unpaired) electrons. The molecule has 27 heavy (non-hydrogen) atoms. The number of azo groups is 1. The average molecular weight is 408 g/mol. The molecule has 0 spiro atoms. The van der Waals surface area contributed by atoms with Gasteiger partial charge in [-0.3, -0.25) is 9.11 Å². The molecule has 3 aromatic carbocycles. The van der Waals surface area contributed by atoms with Crippen LogP contribution in [0.15, 0.2) is 74.6 Å². The maximum atomic E-state index is 11.2. The second kappa shape index (κ2) is 6.70. The number of aromatic hydroxyl groups is 1. The molecule has 0 amide bonds. The third-order valence-electron chi connectivity index (χ3n) is 3.62. The van der Waals surface area contributed by atoms with Crippen LogP contribution in [0, 0.1) is 0 Å². The molecule has 0 aliphatic rings. The maximum absolute atomic E-state index is 11.2. The third kappa shape index (κ3) is 4.11. The Kier molecular flexibility index (Phi) is 4.70. The van der Waals surface area contributed by atoms with E-state index in [2.05, 4.69) is 10.2 Å². The van der Waals surface area contributed by atoms with Crippen LogP contribution in [-0.4, -0.2) is 31.0 Å². The summed E-state index contributed by atoms with van der Waals surface area (Å²) in [4.78, 5) is -0.677. The molecule has 0 unspecified atom stereocenters. The van der Waals surface area contributed by atoms with Crippen LogP contribution in [0.5, 0.6) is 5.75 Å². The Morgan fingerprint density at radius 1 is 0.741 bits per heavy atom. The first-order valence-electron chi connectivity index (χ1n) is 7.28. The summed E-state index contributed by atoms with van der Waals surface area (Å²) in [7, 11) is -8.79. The molecule has 140 valence electrons. The maximum Gasteiger partial charge on any atom is 0.294 e. The van der Waals surface area contributed by atoms with Crippen molar-refractivity contribution < 1.29 is 31.0 Å². The summed E-state index contributed by atoms with van der Waals surface area (Å²) in [6.07, 6.45) is 0. The minimum absolute atomic E-state index is 0.0200. The average Bonchev–Trinajstić information content (AvgIpc) is 2.59. The monoisotopic (exact) mass is 408 g/mol. The second-order valence-corrected chi connectivity index (χ2v) is 8.31. The third-order valence-corrected chi connectivity index (χ3v) is 5.32. The van der Waals surface area contributed by atoms with Gasteiger partial charge in [-0.1, -0.05) is 18.2 Å². The van der Waals surface area contributed by atoms with Gasteiger partial charge in [-0.15, -0.1) is 5.11 Å². The molecule has 3 rings (SSSR count). The van der Waals surface area contributed by atoms with E-state index in [0.717, 1.165) is 12.1 Å². The summed E-state index contributed by atoms with van der Waals surface area (Å²) in [5.41, 5.74) is 0.128. The first kappa shape index (κ1) is 18.9. The van der Waals surface area contributed by atoms with Crippen molar-refractivity contribution in [1.82, 2.24) is 0 Å². The zero-order valence-electron chi connectivity index (χ0n) is 13.4. The Morgan fingerprint density at radius 2 is 1.41 bits per heavy atom. The van der Waals surface area contributed by atoms with Gasteiger partial charge in [0.15, 0.2) is 0 Å². The van der Waals surface area contributed by atoms with Crippen molar-refractivity contribution in [3.63, 3.8) is 0 Å². The van der Waals surface area contributed by atoms with Gasteiger partial charge >= 0.3 is 0 Å². The van der Waals surface area contributed by atoms with E-state index >= 15 is 0 Å². The van der Waals surface area contributed by atoms with Crippen LogP contribution in [0.25, 0.3) is 10.8 Å². The largest absolute Gasteiger partial charge is 0.506 e. The lowest BCUT2D eigenvalue weighted by Gasteiger charge is -2.06. The number of hydrogen-bond acceptors (Lipinski definition) is 7. The summed E-state index contributed by atoms with van der Waals surface area (Å²) >= 11 is 0. The number of phenolic OH excluding ortho intramolecular Hbond substituents is 1. The zero-order chi connectivity index (χ0) is 19.8. The Bertz CT molecular complexity index is 1280. The van der Waals surface area contributed by atoms with Crippen LogP contribution in [0.1, 0.15) is 0 Å². The predicted molar refractivity (Wildman–Crippen MR) is 95.9 cm³/mol. The molecule has 3 aromatic rings. The lowest BCUT2D eigenvalue weighted by Crippen LogP contribution is -1.97. The van der Waals surface area contributed by atoms with Crippen LogP contribution in [0.2, 0.25) is 0 Å². The van der Waals surface area contributed by atoms with Gasteiger partial charge in [-0.25, -0.2) is 0 Å². The molecule has 11 heteroatoms. The molecule has 9 nitrogen and oxygen atoms in total. The van der Waals surface area contributed by atoms with Crippen molar-refractivity contribution in [2.45, 2.75) is 9.79 Å². The van der Waals surface area contributed by atoms with E-state index in [4.69, 9.17) is 9.11 Å². The van der Waals surface area contributed by atoms with Crippen LogP contribution >= 0.6 is 0 Å². The normalized spacial score (nSPS) is 12.7. The molecular weight excluding hydrogens is 396 g/mol. The van der Waals surface area contributed by atoms with E-state index in [1.165, 1.54) is 42.5 Å². The van der Waals surface area contributed by atoms with E-state index in [9.17, 15) is 21.9 Å². The Labute approximate surface area is 154 Å². The van der Waals surface area contributed by atoms with Crippen molar-refractivity contribution >= 4 is 42.4 Å². The molecular formula is C16H12N2O7S2. The fraction of sp³-hybridized carbons (Fsp3) is 0. The molecule has 0 aliphatic heterocycles. The molecule has 0 aliphatic carbocycles. The van der Waals surface area contributed by atoms with Crippen LogP contribution in [0.4, 0.5) is 11.4 Å². The minimum atomic E-state index is -4.40. The molecule has 0 fully saturated rings. The number of hydrogen-bond donors (Lipinski definition) is 3. The molecule has 0 bridgehead atoms. The zero-order valence-corrected chi connectivity index (χ0v) is 15.0. The highest BCUT2D eigenvalue weighted by Gasteiger charge is 2.13. The molecule has 0 aromatic heterocycles. The second-order valence-electron chi connectivity index (χ2n) is 5.46. The van der Waals surface area contributed by atoms with E-state index in [0.29, 0.717) is 10.8 Å². The van der Waals surface area contributed by atoms with Crippen molar-refractivity contribution in [3.8, 4) is 5.75 Å². The summed E-state index contributed by atoms with van der Waals surface area (Å²) in [5.74, 6) is -0.239. The summed E-state index contributed by atoms with van der Waals surface area (Å²) in [6.45, 7) is 0. The Balaban J connectivity index is 2.09. The fourth-order valence-electron chi connectivity index (χ4n) is 2.36. The van der Waals surface area contributed by atoms with Crippen molar-refractivity contribution in [2.24, 2.45) is 10.2 Å². The highest BCUT2D eigenvalue weighted by Crippen LogP contribution is 2.37. The van der Waals surface area contributed by atoms with Gasteiger partial charge in [0.1, 0.15) is 11.4 Å². The van der Waals surface area contributed by atoms with Crippen molar-refractivity contribution in [2.75, 3.05) is 0 Å². The molecule has 0 heterocycles. The van der Waals surface area contributed by atoms with Crippen molar-refractivity contribution in [1.29, 1.82) is 0 Å². The first-order chi connectivity index (χ1) is 12.6. The van der Waals surface area contributed by atoms with Crippen LogP contribution in [-0.2, 0) is 20.2 Å². The Morgan fingerprint density at radius 3 is 2.07 bits per heavy atom. The van der Waals surface area contributed by atoms with E-state index in [1.807, 2.05) is 0 Å². The number of fused-ring (bicyclic) bond motifs is 1. The molecule has 0 saturated heterocycles. The summed E-state index contributed by atoms with van der Waals surface area (Å²) in [6, 6.07) is 11.5.